The summed E-state index contributed by atoms with van der Waals surface area (Å²) in [6.45, 7) is 8.14. The molecule has 5 N–H and O–H groups in total. The molecule has 0 radical (unpaired) electrons. The van der Waals surface area contributed by atoms with Gasteiger partial charge in [0.2, 0.25) is 5.82 Å². The molecule has 0 spiro atoms. The molecule has 3 aromatic heterocycles. The van der Waals surface area contributed by atoms with Crippen molar-refractivity contribution in [2.24, 2.45) is 0 Å². The maximum atomic E-state index is 13.8. The van der Waals surface area contributed by atoms with Crippen LogP contribution in [0, 0.1) is 0 Å². The third kappa shape index (κ3) is 9.02. The van der Waals surface area contributed by atoms with E-state index in [-0.39, 0.29) is 42.8 Å². The Hall–Kier alpha value is -6.17. The molecule has 0 bridgehead atoms. The fourth-order valence-electron chi connectivity index (χ4n) is 8.07. The molecule has 314 valence electrons. The number of rotatable bonds is 14. The van der Waals surface area contributed by atoms with Crippen molar-refractivity contribution in [2.75, 3.05) is 49.5 Å². The molecule has 3 aliphatic heterocycles. The highest BCUT2D eigenvalue weighted by atomic mass is 16.8. The number of benzene rings is 2. The van der Waals surface area contributed by atoms with Crippen LogP contribution in [0.25, 0.3) is 11.2 Å². The molecule has 6 heterocycles. The van der Waals surface area contributed by atoms with Gasteiger partial charge in [-0.05, 0) is 56.9 Å². The summed E-state index contributed by atoms with van der Waals surface area (Å²) in [4.78, 5) is 60.5. The maximum absolute atomic E-state index is 13.8. The fraction of sp³-hybridized carbons (Fsp3) is 0.419. The Bertz CT molecular complexity index is 2210. The number of urea groups is 1. The van der Waals surface area contributed by atoms with E-state index in [9.17, 15) is 14.4 Å². The van der Waals surface area contributed by atoms with Crippen molar-refractivity contribution < 1.29 is 28.6 Å². The Morgan fingerprint density at radius 2 is 1.52 bits per heavy atom. The molecular weight excluding hydrogens is 767 g/mol. The predicted octanol–water partition coefficient (Wildman–Crippen LogP) is 3.72. The van der Waals surface area contributed by atoms with E-state index in [2.05, 4.69) is 60.7 Å². The number of ether oxygens (including phenoxy) is 3. The van der Waals surface area contributed by atoms with E-state index in [1.807, 2.05) is 61.5 Å². The van der Waals surface area contributed by atoms with Crippen molar-refractivity contribution in [3.05, 3.63) is 108 Å². The Balaban J connectivity index is 0.994. The lowest BCUT2D eigenvalue weighted by molar-refractivity contribution is -0.197. The number of carbonyl (C=O) groups is 3. The lowest BCUT2D eigenvalue weighted by atomic mass is 9.91. The summed E-state index contributed by atoms with van der Waals surface area (Å²) < 4.78 is 20.5. The Kier molecular flexibility index (Phi) is 12.2. The number of hydrogen-bond acceptors (Lipinski definition) is 12. The fourth-order valence-corrected chi connectivity index (χ4v) is 8.07. The summed E-state index contributed by atoms with van der Waals surface area (Å²) in [6, 6.07) is 25.9. The predicted molar refractivity (Wildman–Crippen MR) is 223 cm³/mol. The van der Waals surface area contributed by atoms with Gasteiger partial charge in [0.25, 0.3) is 11.8 Å². The molecule has 0 unspecified atom stereocenters. The number of hydrogen-bond donors (Lipinski definition) is 5. The van der Waals surface area contributed by atoms with Gasteiger partial charge in [0.05, 0.1) is 6.33 Å². The van der Waals surface area contributed by atoms with E-state index < -0.39 is 36.2 Å². The van der Waals surface area contributed by atoms with Crippen LogP contribution >= 0.6 is 0 Å². The molecule has 0 saturated carbocycles. The van der Waals surface area contributed by atoms with Crippen molar-refractivity contribution in [2.45, 2.75) is 75.9 Å². The largest absolute Gasteiger partial charge is 0.367 e. The minimum absolute atomic E-state index is 0.0292. The highest BCUT2D eigenvalue weighted by Gasteiger charge is 2.58. The minimum atomic E-state index is -0.974. The van der Waals surface area contributed by atoms with Gasteiger partial charge in [-0.1, -0.05) is 66.7 Å². The van der Waals surface area contributed by atoms with Gasteiger partial charge < -0.3 is 45.7 Å². The smallest absolute Gasteiger partial charge is 0.315 e. The van der Waals surface area contributed by atoms with Crippen molar-refractivity contribution >= 4 is 40.6 Å². The zero-order valence-corrected chi connectivity index (χ0v) is 33.9. The number of anilines is 2. The van der Waals surface area contributed by atoms with Crippen molar-refractivity contribution in [3.63, 3.8) is 0 Å². The number of pyridine rings is 1. The molecule has 8 rings (SSSR count). The van der Waals surface area contributed by atoms with E-state index in [1.54, 1.807) is 30.9 Å². The van der Waals surface area contributed by atoms with Gasteiger partial charge in [-0.25, -0.2) is 24.7 Å². The van der Waals surface area contributed by atoms with Crippen LogP contribution in [0.4, 0.5) is 16.4 Å². The molecule has 5 aromatic rings. The third-order valence-corrected chi connectivity index (χ3v) is 10.9. The summed E-state index contributed by atoms with van der Waals surface area (Å²) in [7, 11) is 0. The summed E-state index contributed by atoms with van der Waals surface area (Å²) in [6.07, 6.45) is 1.73. The summed E-state index contributed by atoms with van der Waals surface area (Å²) in [5.41, 5.74) is 2.89. The molecule has 60 heavy (non-hydrogen) atoms. The number of imidazole rings is 1. The van der Waals surface area contributed by atoms with Crippen LogP contribution in [-0.4, -0.2) is 112 Å². The zero-order chi connectivity index (χ0) is 41.6. The zero-order valence-electron chi connectivity index (χ0n) is 33.9. The average molecular weight is 818 g/mol. The van der Waals surface area contributed by atoms with Gasteiger partial charge in [0.15, 0.2) is 35.1 Å². The van der Waals surface area contributed by atoms with Crippen molar-refractivity contribution in [3.8, 4) is 0 Å². The van der Waals surface area contributed by atoms with E-state index in [4.69, 9.17) is 29.2 Å². The first-order valence-electron chi connectivity index (χ1n) is 20.5. The van der Waals surface area contributed by atoms with Gasteiger partial charge >= 0.3 is 6.03 Å². The number of likely N-dealkylation sites (N-methyl/N-ethyl adjacent to an activating group) is 1. The Morgan fingerprint density at radius 1 is 0.833 bits per heavy atom. The number of amides is 4. The van der Waals surface area contributed by atoms with Crippen LogP contribution in [0.3, 0.4) is 0 Å². The first-order chi connectivity index (χ1) is 29.2. The highest BCUT2D eigenvalue weighted by molar-refractivity contribution is 5.94. The molecule has 3 fully saturated rings. The second kappa shape index (κ2) is 18.0. The number of nitrogens with zero attached hydrogens (tertiary/aromatic N) is 6. The lowest BCUT2D eigenvalue weighted by Gasteiger charge is -2.33. The van der Waals surface area contributed by atoms with Crippen LogP contribution < -0.4 is 31.5 Å². The Labute approximate surface area is 348 Å². The molecule has 4 amide bonds. The first-order valence-corrected chi connectivity index (χ1v) is 20.5. The highest BCUT2D eigenvalue weighted by Crippen LogP contribution is 2.44. The standard InChI is InChI=1S/C43H51N11O6/c1-4-44-39(55)34-33-35(60-43(2,3)59-33)41(58-34)54-26-49-32-36(48-25-30(27-13-7-5-8-14-27)28-15-9-6-10-16-28)51-37(52-38(32)54)40(56)46-21-22-47-42(57)50-29-18-23-53(24-19-29)31-17-11-12-20-45-31/h5-17,20,26,29-30,33-35,41H,4,18-19,21-25H2,1-3H3,(H,44,55)(H,46,56)(H2,47,50,57)(H,48,51,52)/t33-,34+,35+,41-/m1/s1. The van der Waals surface area contributed by atoms with Gasteiger partial charge in [0.1, 0.15) is 18.0 Å². The second-order valence-corrected chi connectivity index (χ2v) is 15.5. The topological polar surface area (TPSA) is 199 Å². The van der Waals surface area contributed by atoms with Crippen molar-refractivity contribution in [1.82, 2.24) is 45.8 Å². The van der Waals surface area contributed by atoms with Gasteiger partial charge in [-0.3, -0.25) is 14.2 Å². The lowest BCUT2D eigenvalue weighted by Crippen LogP contribution is -2.49. The first kappa shape index (κ1) is 40.6. The molecule has 17 nitrogen and oxygen atoms in total. The average Bonchev–Trinajstić information content (AvgIpc) is 3.94. The normalized spacial score (nSPS) is 21.1. The van der Waals surface area contributed by atoms with Crippen LogP contribution in [0.5, 0.6) is 0 Å². The van der Waals surface area contributed by atoms with Crippen LogP contribution in [-0.2, 0) is 19.0 Å². The van der Waals surface area contributed by atoms with Crippen LogP contribution in [0.1, 0.15) is 67.5 Å². The number of piperidine rings is 1. The van der Waals surface area contributed by atoms with Gasteiger partial charge in [0, 0.05) is 57.4 Å². The van der Waals surface area contributed by atoms with Gasteiger partial charge in [-0.15, -0.1) is 0 Å². The molecule has 3 saturated heterocycles. The number of fused-ring (bicyclic) bond motifs is 2. The molecular formula is C43H51N11O6. The molecule has 4 atom stereocenters. The monoisotopic (exact) mass is 817 g/mol. The van der Waals surface area contributed by atoms with Crippen LogP contribution in [0.2, 0.25) is 0 Å². The van der Waals surface area contributed by atoms with E-state index in [0.29, 0.717) is 30.1 Å². The number of aromatic nitrogens is 5. The van der Waals surface area contributed by atoms with E-state index >= 15 is 0 Å². The van der Waals surface area contributed by atoms with Gasteiger partial charge in [-0.2, -0.15) is 0 Å². The molecule has 2 aromatic carbocycles. The summed E-state index contributed by atoms with van der Waals surface area (Å²) >= 11 is 0. The number of carbonyl (C=O) groups excluding carboxylic acids is 3. The molecule has 17 heteroatoms. The van der Waals surface area contributed by atoms with E-state index in [1.165, 1.54) is 0 Å². The van der Waals surface area contributed by atoms with Crippen molar-refractivity contribution in [1.29, 1.82) is 0 Å². The number of nitrogens with one attached hydrogen (secondary N) is 5. The quantitative estimate of drug-likeness (QED) is 0.102. The minimum Gasteiger partial charge on any atom is -0.367 e. The molecule has 0 aliphatic carbocycles. The SMILES string of the molecule is CCNC(=O)[C@H]1O[C@@H](n2cnc3c(NCC(c4ccccc4)c4ccccc4)nc(C(=O)NCCNC(=O)NC4CCN(c5ccccn5)CC4)nc32)[C@H]2OC(C)(C)O[C@@H]21. The van der Waals surface area contributed by atoms with Crippen LogP contribution in [0.15, 0.2) is 91.4 Å². The Morgan fingerprint density at radius 3 is 2.20 bits per heavy atom. The second-order valence-electron chi connectivity index (χ2n) is 15.5. The van der Waals surface area contributed by atoms with E-state index in [0.717, 1.165) is 42.9 Å². The third-order valence-electron chi connectivity index (χ3n) is 10.9. The summed E-state index contributed by atoms with van der Waals surface area (Å²) in [5, 5.41) is 15.0. The molecule has 3 aliphatic rings. The summed E-state index contributed by atoms with van der Waals surface area (Å²) in [5.74, 6) is -0.757. The maximum Gasteiger partial charge on any atom is 0.315 e.